The van der Waals surface area contributed by atoms with E-state index in [4.69, 9.17) is 13.8 Å². The average Bonchev–Trinajstić information content (AvgIpc) is 3.47. The van der Waals surface area contributed by atoms with Crippen LogP contribution in [0, 0.1) is 17.8 Å². The van der Waals surface area contributed by atoms with Crippen LogP contribution in [0.15, 0.2) is 30.3 Å². The lowest BCUT2D eigenvalue weighted by molar-refractivity contribution is -0.157. The number of carbonyl (C=O) groups is 1. The topological polar surface area (TPSA) is 61.8 Å². The van der Waals surface area contributed by atoms with Gasteiger partial charge in [-0.2, -0.15) is 0 Å². The summed E-state index contributed by atoms with van der Waals surface area (Å²) >= 11 is 0. The van der Waals surface area contributed by atoms with Crippen molar-refractivity contribution < 1.29 is 23.1 Å². The summed E-state index contributed by atoms with van der Waals surface area (Å²) in [5.74, 6) is 0.652. The van der Waals surface area contributed by atoms with Crippen LogP contribution in [0.5, 0.6) is 0 Å². The molecule has 0 aliphatic heterocycles. The van der Waals surface area contributed by atoms with Crippen molar-refractivity contribution in [3.63, 3.8) is 0 Å². The molecule has 0 N–H and O–H groups in total. The Morgan fingerprint density at radius 2 is 1.77 bits per heavy atom. The van der Waals surface area contributed by atoms with Crippen molar-refractivity contribution >= 4 is 13.6 Å². The van der Waals surface area contributed by atoms with Gasteiger partial charge in [-0.3, -0.25) is 9.36 Å². The van der Waals surface area contributed by atoms with Crippen LogP contribution in [0.2, 0.25) is 0 Å². The summed E-state index contributed by atoms with van der Waals surface area (Å²) in [6.45, 7) is 10.6. The van der Waals surface area contributed by atoms with E-state index in [2.05, 4.69) is 20.8 Å². The van der Waals surface area contributed by atoms with Gasteiger partial charge in [0.2, 0.25) is 0 Å². The van der Waals surface area contributed by atoms with Crippen LogP contribution in [-0.4, -0.2) is 30.4 Å². The lowest BCUT2D eigenvalue weighted by Crippen LogP contribution is -2.40. The Morgan fingerprint density at radius 3 is 2.33 bits per heavy atom. The van der Waals surface area contributed by atoms with E-state index < -0.39 is 18.7 Å². The summed E-state index contributed by atoms with van der Waals surface area (Å²) in [4.78, 5) is 13.7. The molecular formula is C24H37O5P. The zero-order chi connectivity index (χ0) is 21.9. The van der Waals surface area contributed by atoms with E-state index in [0.29, 0.717) is 24.2 Å². The lowest BCUT2D eigenvalue weighted by Gasteiger charge is -2.38. The van der Waals surface area contributed by atoms with Crippen molar-refractivity contribution in [2.75, 3.05) is 13.2 Å². The van der Waals surface area contributed by atoms with E-state index >= 15 is 0 Å². The van der Waals surface area contributed by atoms with Gasteiger partial charge in [0, 0.05) is 5.92 Å². The van der Waals surface area contributed by atoms with Crippen molar-refractivity contribution in [3.8, 4) is 0 Å². The number of carbonyl (C=O) groups excluding carboxylic acids is 1. The maximum absolute atomic E-state index is 13.9. The van der Waals surface area contributed by atoms with Crippen LogP contribution in [-0.2, 0) is 23.1 Å². The van der Waals surface area contributed by atoms with E-state index in [9.17, 15) is 9.36 Å². The van der Waals surface area contributed by atoms with Crippen molar-refractivity contribution in [3.05, 3.63) is 35.9 Å². The third-order valence-corrected chi connectivity index (χ3v) is 9.64. The molecule has 30 heavy (non-hydrogen) atoms. The zero-order valence-electron chi connectivity index (χ0n) is 19.0. The number of hydrogen-bond donors (Lipinski definition) is 0. The van der Waals surface area contributed by atoms with Crippen LogP contribution in [0.3, 0.4) is 0 Å². The minimum absolute atomic E-state index is 0.146. The Balaban J connectivity index is 1.92. The second-order valence-electron chi connectivity index (χ2n) is 9.19. The first-order valence-corrected chi connectivity index (χ1v) is 13.0. The molecule has 0 bridgehead atoms. The van der Waals surface area contributed by atoms with E-state index in [1.807, 2.05) is 30.3 Å². The van der Waals surface area contributed by atoms with Gasteiger partial charge in [-0.05, 0) is 56.4 Å². The molecule has 0 amide bonds. The molecule has 2 aliphatic carbocycles. The van der Waals surface area contributed by atoms with Gasteiger partial charge >= 0.3 is 13.6 Å². The molecule has 1 aromatic carbocycles. The third kappa shape index (κ3) is 4.40. The first kappa shape index (κ1) is 23.5. The highest BCUT2D eigenvalue weighted by Gasteiger charge is 2.74. The van der Waals surface area contributed by atoms with E-state index in [1.54, 1.807) is 13.8 Å². The third-order valence-electron chi connectivity index (χ3n) is 6.79. The highest BCUT2D eigenvalue weighted by molar-refractivity contribution is 7.57. The van der Waals surface area contributed by atoms with Crippen LogP contribution in [0.1, 0.15) is 71.8 Å². The summed E-state index contributed by atoms with van der Waals surface area (Å²) in [5, 5.41) is -1.25. The normalized spacial score (nSPS) is 31.5. The summed E-state index contributed by atoms with van der Waals surface area (Å²) in [5.41, 5.74) is 0.978. The molecule has 5 nitrogen and oxygen atoms in total. The summed E-state index contributed by atoms with van der Waals surface area (Å²) in [6.07, 6.45) is 3.36. The van der Waals surface area contributed by atoms with E-state index in [1.165, 1.54) is 0 Å². The minimum atomic E-state index is -3.69. The van der Waals surface area contributed by atoms with E-state index in [0.717, 1.165) is 24.8 Å². The molecule has 1 aromatic rings. The first-order valence-electron chi connectivity index (χ1n) is 11.4. The first-order chi connectivity index (χ1) is 14.3. The number of benzene rings is 1. The summed E-state index contributed by atoms with van der Waals surface area (Å²) < 4.78 is 31.5. The molecule has 6 heteroatoms. The second kappa shape index (κ2) is 9.54. The maximum Gasteiger partial charge on any atom is 0.348 e. The monoisotopic (exact) mass is 436 g/mol. The smallest absolute Gasteiger partial charge is 0.348 e. The fourth-order valence-corrected chi connectivity index (χ4v) is 7.50. The highest BCUT2D eigenvalue weighted by atomic mass is 31.2. The Morgan fingerprint density at radius 1 is 1.13 bits per heavy atom. The molecular weight excluding hydrogens is 399 g/mol. The van der Waals surface area contributed by atoms with Crippen LogP contribution in [0.4, 0.5) is 0 Å². The number of ether oxygens (including phenoxy) is 1. The molecule has 0 aromatic heterocycles. The molecule has 0 heterocycles. The molecule has 2 saturated carbocycles. The minimum Gasteiger partial charge on any atom is -0.461 e. The molecule has 2 aliphatic rings. The fourth-order valence-electron chi connectivity index (χ4n) is 5.07. The Bertz CT molecular complexity index is 754. The summed E-state index contributed by atoms with van der Waals surface area (Å²) in [6, 6.07) is 9.76. The van der Waals surface area contributed by atoms with Gasteiger partial charge < -0.3 is 13.8 Å². The number of esters is 1. The predicted molar refractivity (Wildman–Crippen MR) is 119 cm³/mol. The molecule has 0 unspecified atom stereocenters. The van der Waals surface area contributed by atoms with E-state index in [-0.39, 0.29) is 25.2 Å². The lowest BCUT2D eigenvalue weighted by atomic mass is 9.75. The predicted octanol–water partition coefficient (Wildman–Crippen LogP) is 6.18. The van der Waals surface area contributed by atoms with Gasteiger partial charge in [0.05, 0.1) is 13.2 Å². The number of hydrogen-bond acceptors (Lipinski definition) is 5. The highest BCUT2D eigenvalue weighted by Crippen LogP contribution is 2.77. The Kier molecular flexibility index (Phi) is 7.48. The van der Waals surface area contributed by atoms with Crippen molar-refractivity contribution in [1.29, 1.82) is 0 Å². The van der Waals surface area contributed by atoms with Crippen LogP contribution < -0.4 is 0 Å². The van der Waals surface area contributed by atoms with Crippen molar-refractivity contribution in [2.24, 2.45) is 17.8 Å². The van der Waals surface area contributed by atoms with Gasteiger partial charge in [0.1, 0.15) is 6.10 Å². The maximum atomic E-state index is 13.9. The Hall–Kier alpha value is -1.16. The molecule has 5 atom stereocenters. The molecule has 2 fully saturated rings. The molecule has 3 rings (SSSR count). The average molecular weight is 437 g/mol. The van der Waals surface area contributed by atoms with Crippen molar-refractivity contribution in [2.45, 2.75) is 77.5 Å². The largest absolute Gasteiger partial charge is 0.461 e. The number of rotatable bonds is 9. The van der Waals surface area contributed by atoms with Crippen LogP contribution in [0.25, 0.3) is 0 Å². The second-order valence-corrected chi connectivity index (χ2v) is 11.5. The molecule has 0 radical (unpaired) electrons. The quantitative estimate of drug-likeness (QED) is 0.341. The molecule has 0 spiro atoms. The standard InChI is InChI=1S/C24H37O5P/c1-6-27-30(26,28-7-2)24(16-21(24)19-11-9-8-10-12-19)23(25)29-22-15-18(5)13-14-20(22)17(3)4/h8-12,17-18,20-22H,6-7,13-16H2,1-5H3/t18-,20+,21+,22-,24+/m1/s1. The summed E-state index contributed by atoms with van der Waals surface area (Å²) in [7, 11) is -3.69. The zero-order valence-corrected chi connectivity index (χ0v) is 19.9. The SMILES string of the molecule is CCOP(=O)(OCC)[C@@]1(C(=O)O[C@@H]2C[C@H](C)CC[C@H]2C(C)C)C[C@H]1c1ccccc1. The van der Waals surface area contributed by atoms with Crippen molar-refractivity contribution in [1.82, 2.24) is 0 Å². The van der Waals surface area contributed by atoms with Gasteiger partial charge in [0.25, 0.3) is 0 Å². The van der Waals surface area contributed by atoms with Crippen LogP contribution >= 0.6 is 7.60 Å². The van der Waals surface area contributed by atoms with Gasteiger partial charge in [-0.25, -0.2) is 0 Å². The molecule has 168 valence electrons. The molecule has 0 saturated heterocycles. The van der Waals surface area contributed by atoms with Gasteiger partial charge in [-0.15, -0.1) is 0 Å². The van der Waals surface area contributed by atoms with Gasteiger partial charge in [0.15, 0.2) is 5.16 Å². The fraction of sp³-hybridized carbons (Fsp3) is 0.708. The van der Waals surface area contributed by atoms with Gasteiger partial charge in [-0.1, -0.05) is 57.5 Å². The Labute approximate surface area is 181 Å².